The Morgan fingerprint density at radius 1 is 0.571 bits per heavy atom. The van der Waals surface area contributed by atoms with Crippen LogP contribution in [-0.4, -0.2) is 88.9 Å². The van der Waals surface area contributed by atoms with E-state index in [0.29, 0.717) is 16.0 Å². The third kappa shape index (κ3) is 9.95. The first-order chi connectivity index (χ1) is 33.1. The van der Waals surface area contributed by atoms with Gasteiger partial charge in [0, 0.05) is 21.9 Å². The Bertz CT molecular complexity index is 3010. The van der Waals surface area contributed by atoms with E-state index in [9.17, 15) is 65.3 Å². The molecule has 2 amide bonds. The number of amides is 2. The Hall–Kier alpha value is -7.58. The zero-order chi connectivity index (χ0) is 51.0. The molecule has 0 saturated heterocycles. The smallest absolute Gasteiger partial charge is 0.422 e. The fourth-order valence-electron chi connectivity index (χ4n) is 7.72. The Morgan fingerprint density at radius 2 is 0.957 bits per heavy atom. The van der Waals surface area contributed by atoms with Gasteiger partial charge in [0.15, 0.2) is 24.8 Å². The molecule has 0 atom stereocenters. The molecule has 0 bridgehead atoms. The van der Waals surface area contributed by atoms with Gasteiger partial charge in [0.05, 0.1) is 69.7 Å². The number of carbonyl (C=O) groups is 6. The summed E-state index contributed by atoms with van der Waals surface area (Å²) in [5.41, 5.74) is -0.821. The molecule has 1 aliphatic heterocycles. The SMILES string of the molecule is CCOC(=O)Cc1ccc(-n2c(O)c3c(c2O)C(=O)c2ccccc2C3=O)c(Cl)c1.CCOC(=O)Cc1ccc(N2C(=O)c3c(c(OCC(F)(F)F)c4ccccc4c3OCC(F)(F)F)C2=O)c(Cl)c1. The van der Waals surface area contributed by atoms with Gasteiger partial charge in [-0.3, -0.25) is 28.8 Å². The van der Waals surface area contributed by atoms with Crippen molar-refractivity contribution in [2.75, 3.05) is 31.3 Å². The van der Waals surface area contributed by atoms with Crippen LogP contribution < -0.4 is 14.4 Å². The van der Waals surface area contributed by atoms with Crippen molar-refractivity contribution in [1.82, 2.24) is 4.57 Å². The van der Waals surface area contributed by atoms with Crippen LogP contribution in [0.15, 0.2) is 84.9 Å². The number of aromatic hydroxyl groups is 2. The van der Waals surface area contributed by atoms with Crippen LogP contribution in [0.1, 0.15) is 77.5 Å². The largest absolute Gasteiger partial charge is 0.494 e. The first-order valence-electron chi connectivity index (χ1n) is 20.7. The van der Waals surface area contributed by atoms with E-state index < -0.39 is 95.3 Å². The molecule has 0 radical (unpaired) electrons. The molecule has 2 aliphatic rings. The number of benzene rings is 5. The summed E-state index contributed by atoms with van der Waals surface area (Å²) in [5.74, 6) is -7.00. The van der Waals surface area contributed by atoms with Crippen LogP contribution in [0.25, 0.3) is 16.5 Å². The topological polar surface area (TPSA) is 188 Å². The molecule has 0 spiro atoms. The molecule has 70 heavy (non-hydrogen) atoms. The monoisotopic (exact) mass is 1010 g/mol. The van der Waals surface area contributed by atoms with Gasteiger partial charge in [0.2, 0.25) is 11.8 Å². The molecule has 14 nitrogen and oxygen atoms in total. The highest BCUT2D eigenvalue weighted by Gasteiger charge is 2.46. The molecule has 0 saturated carbocycles. The lowest BCUT2D eigenvalue weighted by molar-refractivity contribution is -0.154. The summed E-state index contributed by atoms with van der Waals surface area (Å²) in [6, 6.07) is 19.8. The normalized spacial score (nSPS) is 13.1. The number of ketones is 2. The van der Waals surface area contributed by atoms with Gasteiger partial charge in [0.1, 0.15) is 11.5 Å². The second-order valence-corrected chi connectivity index (χ2v) is 16.0. The van der Waals surface area contributed by atoms with Gasteiger partial charge in [-0.05, 0) is 49.2 Å². The number of fused-ring (bicyclic) bond motifs is 4. The highest BCUT2D eigenvalue weighted by atomic mass is 35.5. The molecule has 2 N–H and O–H groups in total. The molecular formula is C48H34Cl2F6N2O12. The molecule has 8 rings (SSSR count). The summed E-state index contributed by atoms with van der Waals surface area (Å²) >= 11 is 12.6. The summed E-state index contributed by atoms with van der Waals surface area (Å²) in [6.45, 7) is -0.00150. The van der Waals surface area contributed by atoms with E-state index in [2.05, 4.69) is 0 Å². The standard InChI is InChI=1S/C26H18ClF6NO6.C22H16ClNO6/c1-2-38-18(35)10-13-7-8-17(16(27)9-13)34-23(36)19-20(24(34)37)22(40-12-26(31,32)33)15-6-4-3-5-14(15)21(19)39-11-25(28,29)30;1-2-30-16(25)10-11-7-8-15(14(23)9-11)24-21(28)17-18(22(24)29)20(27)13-6-4-3-5-12(13)19(17)26/h3-9H,2,10-12H2,1H3;3-9,28-29H,2,10H2,1H3. The summed E-state index contributed by atoms with van der Waals surface area (Å²) < 4.78 is 99.1. The predicted octanol–water partition coefficient (Wildman–Crippen LogP) is 9.70. The van der Waals surface area contributed by atoms with Crippen LogP contribution in [0.5, 0.6) is 23.3 Å². The van der Waals surface area contributed by atoms with Gasteiger partial charge < -0.3 is 29.2 Å². The number of hydrogen-bond acceptors (Lipinski definition) is 12. The minimum atomic E-state index is -4.84. The van der Waals surface area contributed by atoms with Crippen LogP contribution in [0.2, 0.25) is 10.0 Å². The van der Waals surface area contributed by atoms with Crippen molar-refractivity contribution in [2.45, 2.75) is 39.0 Å². The number of esters is 2. The molecule has 1 aromatic heterocycles. The van der Waals surface area contributed by atoms with E-state index in [1.54, 1.807) is 32.0 Å². The van der Waals surface area contributed by atoms with Gasteiger partial charge in [-0.1, -0.05) is 83.9 Å². The van der Waals surface area contributed by atoms with Crippen LogP contribution in [0.3, 0.4) is 0 Å². The Morgan fingerprint density at radius 3 is 1.33 bits per heavy atom. The number of nitrogens with zero attached hydrogens (tertiary/aromatic N) is 2. The number of ether oxygens (including phenoxy) is 4. The lowest BCUT2D eigenvalue weighted by atomic mass is 9.86. The number of hydrogen-bond donors (Lipinski definition) is 2. The van der Waals surface area contributed by atoms with Crippen molar-refractivity contribution in [3.05, 3.63) is 139 Å². The lowest BCUT2D eigenvalue weighted by Crippen LogP contribution is -2.30. The third-order valence-electron chi connectivity index (χ3n) is 10.5. The molecule has 22 heteroatoms. The summed E-state index contributed by atoms with van der Waals surface area (Å²) in [5, 5.41) is 21.0. The van der Waals surface area contributed by atoms with Crippen LogP contribution in [0, 0.1) is 0 Å². The van der Waals surface area contributed by atoms with Crippen molar-refractivity contribution in [3.8, 4) is 28.9 Å². The molecule has 0 unspecified atom stereocenters. The summed E-state index contributed by atoms with van der Waals surface area (Å²) in [6.07, 6.45) is -9.88. The van der Waals surface area contributed by atoms with Crippen molar-refractivity contribution < 1.29 is 84.3 Å². The van der Waals surface area contributed by atoms with E-state index in [4.69, 9.17) is 42.1 Å². The Labute approximate surface area is 401 Å². The highest BCUT2D eigenvalue weighted by molar-refractivity contribution is 6.42. The number of halogens is 8. The number of aromatic nitrogens is 1. The van der Waals surface area contributed by atoms with Crippen molar-refractivity contribution in [2.24, 2.45) is 0 Å². The highest BCUT2D eigenvalue weighted by Crippen LogP contribution is 2.48. The van der Waals surface area contributed by atoms with Crippen LogP contribution >= 0.6 is 23.2 Å². The van der Waals surface area contributed by atoms with Crippen molar-refractivity contribution in [1.29, 1.82) is 0 Å². The van der Waals surface area contributed by atoms with E-state index in [0.717, 1.165) is 4.57 Å². The summed E-state index contributed by atoms with van der Waals surface area (Å²) in [4.78, 5) is 76.9. The van der Waals surface area contributed by atoms with Gasteiger partial charge in [-0.2, -0.15) is 26.3 Å². The molecule has 364 valence electrons. The first-order valence-corrected chi connectivity index (χ1v) is 21.4. The summed E-state index contributed by atoms with van der Waals surface area (Å²) in [7, 11) is 0. The maximum Gasteiger partial charge on any atom is 0.422 e. The maximum absolute atomic E-state index is 13.6. The molecule has 2 heterocycles. The average molecular weight is 1020 g/mol. The lowest BCUT2D eigenvalue weighted by Gasteiger charge is -2.18. The minimum absolute atomic E-state index is 0.000262. The molecule has 5 aromatic carbocycles. The van der Waals surface area contributed by atoms with E-state index in [-0.39, 0.29) is 80.5 Å². The van der Waals surface area contributed by atoms with Gasteiger partial charge in [-0.15, -0.1) is 0 Å². The predicted molar refractivity (Wildman–Crippen MR) is 238 cm³/mol. The fourth-order valence-corrected chi connectivity index (χ4v) is 8.30. The Balaban J connectivity index is 0.000000215. The number of imide groups is 1. The van der Waals surface area contributed by atoms with Gasteiger partial charge in [-0.25, -0.2) is 9.47 Å². The van der Waals surface area contributed by atoms with Crippen LogP contribution in [0.4, 0.5) is 32.0 Å². The zero-order valence-corrected chi connectivity index (χ0v) is 37.7. The number of anilines is 1. The second kappa shape index (κ2) is 19.8. The number of alkyl halides is 6. The second-order valence-electron chi connectivity index (χ2n) is 15.2. The van der Waals surface area contributed by atoms with E-state index in [1.165, 1.54) is 66.7 Å². The molecule has 1 aliphatic carbocycles. The van der Waals surface area contributed by atoms with E-state index in [1.807, 2.05) is 0 Å². The molecular weight excluding hydrogens is 981 g/mol. The van der Waals surface area contributed by atoms with Gasteiger partial charge in [0.25, 0.3) is 11.8 Å². The molecule has 0 fully saturated rings. The minimum Gasteiger partial charge on any atom is -0.494 e. The van der Waals surface area contributed by atoms with Crippen LogP contribution in [-0.2, 0) is 31.9 Å². The number of carbonyl (C=O) groups excluding carboxylic acids is 6. The van der Waals surface area contributed by atoms with Crippen molar-refractivity contribution >= 4 is 75.0 Å². The number of rotatable bonds is 12. The fraction of sp³-hybridized carbons (Fsp3) is 0.208. The zero-order valence-electron chi connectivity index (χ0n) is 36.2. The van der Waals surface area contributed by atoms with Crippen molar-refractivity contribution in [3.63, 3.8) is 0 Å². The average Bonchev–Trinajstić information content (AvgIpc) is 3.70. The third-order valence-corrected chi connectivity index (χ3v) is 11.1. The first kappa shape index (κ1) is 50.3. The van der Waals surface area contributed by atoms with Gasteiger partial charge >= 0.3 is 24.3 Å². The Kier molecular flexibility index (Phi) is 14.2. The maximum atomic E-state index is 13.6. The quantitative estimate of drug-likeness (QED) is 0.0671. The van der Waals surface area contributed by atoms with E-state index >= 15 is 0 Å². The molecule has 6 aromatic rings.